The Bertz CT molecular complexity index is 966. The van der Waals surface area contributed by atoms with Gasteiger partial charge in [-0.25, -0.2) is 8.42 Å². The smallest absolute Gasteiger partial charge is 0.250 e. The Hall–Kier alpha value is -1.87. The molecule has 0 radical (unpaired) electrons. The standard InChI is InChI=1S/C21H32N4O4S/c1-3-10-30(28,29)22-19-4-5-20(27)25-13-16-11-17(21(19)25)14-24(12-16)18-6-8-23(9-7-18)15(2)26/h4-5,16-18,22H,3,6-14H2,1-2H3. The fourth-order valence-electron chi connectivity index (χ4n) is 5.47. The second-order valence-electron chi connectivity index (χ2n) is 8.99. The van der Waals surface area contributed by atoms with Gasteiger partial charge >= 0.3 is 0 Å². The normalized spacial score (nSPS) is 25.1. The van der Waals surface area contributed by atoms with Crippen LogP contribution in [0, 0.1) is 5.92 Å². The molecule has 0 saturated carbocycles. The molecule has 1 aromatic rings. The first-order valence-corrected chi connectivity index (χ1v) is 12.7. The summed E-state index contributed by atoms with van der Waals surface area (Å²) in [6.07, 6.45) is 3.46. The predicted octanol–water partition coefficient (Wildman–Crippen LogP) is 1.43. The zero-order valence-electron chi connectivity index (χ0n) is 17.8. The Morgan fingerprint density at radius 1 is 1.17 bits per heavy atom. The van der Waals surface area contributed by atoms with Crippen LogP contribution in [0.5, 0.6) is 0 Å². The molecule has 1 aromatic heterocycles. The molecule has 2 unspecified atom stereocenters. The van der Waals surface area contributed by atoms with E-state index in [2.05, 4.69) is 9.62 Å². The average Bonchev–Trinajstić information content (AvgIpc) is 2.69. The molecule has 0 aromatic carbocycles. The number of nitrogens with zero attached hydrogens (tertiary/aromatic N) is 3. The number of carbonyl (C=O) groups is 1. The Morgan fingerprint density at radius 2 is 1.90 bits per heavy atom. The molecule has 4 heterocycles. The van der Waals surface area contributed by atoms with E-state index in [0.29, 0.717) is 30.6 Å². The van der Waals surface area contributed by atoms with Gasteiger partial charge in [0.2, 0.25) is 15.9 Å². The van der Waals surface area contributed by atoms with Gasteiger partial charge in [0.25, 0.3) is 5.56 Å². The number of piperidine rings is 2. The van der Waals surface area contributed by atoms with Gasteiger partial charge in [-0.05, 0) is 37.7 Å². The molecule has 2 bridgehead atoms. The molecule has 166 valence electrons. The number of amides is 1. The predicted molar refractivity (Wildman–Crippen MR) is 116 cm³/mol. The summed E-state index contributed by atoms with van der Waals surface area (Å²) in [6, 6.07) is 3.54. The Balaban J connectivity index is 1.57. The minimum absolute atomic E-state index is 0.0543. The van der Waals surface area contributed by atoms with Crippen LogP contribution in [0.2, 0.25) is 0 Å². The van der Waals surface area contributed by atoms with Crippen molar-refractivity contribution in [3.05, 3.63) is 28.2 Å². The van der Waals surface area contributed by atoms with Gasteiger partial charge in [-0.3, -0.25) is 19.2 Å². The highest BCUT2D eigenvalue weighted by Gasteiger charge is 2.39. The van der Waals surface area contributed by atoms with Crippen molar-refractivity contribution in [2.75, 3.05) is 36.7 Å². The molecule has 1 amide bonds. The third-order valence-corrected chi connectivity index (χ3v) is 8.26. The van der Waals surface area contributed by atoms with Gasteiger partial charge in [-0.2, -0.15) is 0 Å². The number of hydrogen-bond acceptors (Lipinski definition) is 5. The lowest BCUT2D eigenvalue weighted by Gasteiger charge is -2.47. The highest BCUT2D eigenvalue weighted by Crippen LogP contribution is 2.40. The molecule has 2 fully saturated rings. The van der Waals surface area contributed by atoms with Crippen LogP contribution < -0.4 is 10.3 Å². The third kappa shape index (κ3) is 4.27. The molecule has 30 heavy (non-hydrogen) atoms. The van der Waals surface area contributed by atoms with Gasteiger partial charge in [-0.15, -0.1) is 0 Å². The van der Waals surface area contributed by atoms with Crippen molar-refractivity contribution in [3.63, 3.8) is 0 Å². The molecule has 2 saturated heterocycles. The van der Waals surface area contributed by atoms with Crippen molar-refractivity contribution in [1.29, 1.82) is 0 Å². The molecule has 3 aliphatic heterocycles. The number of nitrogens with one attached hydrogen (secondary N) is 1. The van der Waals surface area contributed by atoms with E-state index in [0.717, 1.165) is 51.1 Å². The van der Waals surface area contributed by atoms with Gasteiger partial charge in [0.15, 0.2) is 0 Å². The minimum atomic E-state index is -3.42. The van der Waals surface area contributed by atoms with Crippen LogP contribution in [0.3, 0.4) is 0 Å². The van der Waals surface area contributed by atoms with E-state index in [4.69, 9.17) is 0 Å². The second-order valence-corrected chi connectivity index (χ2v) is 10.8. The van der Waals surface area contributed by atoms with Crippen molar-refractivity contribution in [3.8, 4) is 0 Å². The van der Waals surface area contributed by atoms with Crippen molar-refractivity contribution >= 4 is 21.6 Å². The van der Waals surface area contributed by atoms with Gasteiger partial charge < -0.3 is 9.47 Å². The minimum Gasteiger partial charge on any atom is -0.343 e. The SMILES string of the molecule is CCCS(=O)(=O)Nc1ccc(=O)n2c1C1CC(CN(C3CCN(C(C)=O)CC3)C1)C2. The van der Waals surface area contributed by atoms with Crippen LogP contribution in [-0.2, 0) is 21.4 Å². The van der Waals surface area contributed by atoms with Crippen LogP contribution in [0.1, 0.15) is 51.1 Å². The van der Waals surface area contributed by atoms with Gasteiger partial charge in [0, 0.05) is 63.4 Å². The molecule has 4 rings (SSSR count). The first-order chi connectivity index (χ1) is 14.3. The summed E-state index contributed by atoms with van der Waals surface area (Å²) in [5.41, 5.74) is 1.34. The third-order valence-electron chi connectivity index (χ3n) is 6.78. The number of hydrogen-bond donors (Lipinski definition) is 1. The quantitative estimate of drug-likeness (QED) is 0.754. The summed E-state index contributed by atoms with van der Waals surface area (Å²) < 4.78 is 29.3. The molecule has 2 atom stereocenters. The van der Waals surface area contributed by atoms with Gasteiger partial charge in [0.1, 0.15) is 0 Å². The summed E-state index contributed by atoms with van der Waals surface area (Å²) in [5, 5.41) is 0. The number of carbonyl (C=O) groups excluding carboxylic acids is 1. The summed E-state index contributed by atoms with van der Waals surface area (Å²) in [6.45, 7) is 7.48. The maximum absolute atomic E-state index is 12.6. The van der Waals surface area contributed by atoms with Gasteiger partial charge in [-0.1, -0.05) is 6.92 Å². The fourth-order valence-corrected chi connectivity index (χ4v) is 6.62. The number of aromatic nitrogens is 1. The van der Waals surface area contributed by atoms with Crippen molar-refractivity contribution in [1.82, 2.24) is 14.4 Å². The largest absolute Gasteiger partial charge is 0.343 e. The summed E-state index contributed by atoms with van der Waals surface area (Å²) in [5.74, 6) is 0.736. The second kappa shape index (κ2) is 8.34. The number of fused-ring (bicyclic) bond motifs is 4. The average molecular weight is 437 g/mol. The Morgan fingerprint density at radius 3 is 2.57 bits per heavy atom. The molecule has 1 N–H and O–H groups in total. The highest BCUT2D eigenvalue weighted by atomic mass is 32.2. The Kier molecular flexibility index (Phi) is 5.94. The summed E-state index contributed by atoms with van der Waals surface area (Å²) in [7, 11) is -3.42. The highest BCUT2D eigenvalue weighted by molar-refractivity contribution is 7.92. The number of rotatable bonds is 5. The molecule has 3 aliphatic rings. The van der Waals surface area contributed by atoms with Crippen LogP contribution in [0.25, 0.3) is 0 Å². The summed E-state index contributed by atoms with van der Waals surface area (Å²) >= 11 is 0. The fraction of sp³-hybridized carbons (Fsp3) is 0.714. The monoisotopic (exact) mass is 436 g/mol. The van der Waals surface area contributed by atoms with E-state index < -0.39 is 10.0 Å². The Labute approximate surface area is 178 Å². The van der Waals surface area contributed by atoms with Crippen LogP contribution in [0.4, 0.5) is 5.69 Å². The van der Waals surface area contributed by atoms with Crippen LogP contribution in [-0.4, -0.2) is 66.7 Å². The topological polar surface area (TPSA) is 91.7 Å². The molecular formula is C21H32N4O4S. The number of likely N-dealkylation sites (tertiary alicyclic amines) is 2. The maximum atomic E-state index is 12.6. The zero-order valence-corrected chi connectivity index (χ0v) is 18.7. The number of pyridine rings is 1. The number of anilines is 1. The van der Waals surface area contributed by atoms with E-state index >= 15 is 0 Å². The summed E-state index contributed by atoms with van der Waals surface area (Å²) in [4.78, 5) is 28.6. The van der Waals surface area contributed by atoms with Crippen molar-refractivity contribution in [2.45, 2.75) is 58.0 Å². The molecule has 0 spiro atoms. The van der Waals surface area contributed by atoms with Crippen molar-refractivity contribution in [2.24, 2.45) is 5.92 Å². The molecular weight excluding hydrogens is 404 g/mol. The lowest BCUT2D eigenvalue weighted by Crippen LogP contribution is -2.53. The zero-order chi connectivity index (χ0) is 21.5. The molecule has 0 aliphatic carbocycles. The first-order valence-electron chi connectivity index (χ1n) is 11.0. The van der Waals surface area contributed by atoms with E-state index in [1.807, 2.05) is 11.8 Å². The van der Waals surface area contributed by atoms with Gasteiger partial charge in [0.05, 0.1) is 11.4 Å². The van der Waals surface area contributed by atoms with E-state index in [-0.39, 0.29) is 23.1 Å². The number of sulfonamides is 1. The molecule has 9 heteroatoms. The van der Waals surface area contributed by atoms with Crippen LogP contribution >= 0.6 is 0 Å². The molecule has 8 nitrogen and oxygen atoms in total. The maximum Gasteiger partial charge on any atom is 0.250 e. The van der Waals surface area contributed by atoms with E-state index in [1.54, 1.807) is 17.6 Å². The van der Waals surface area contributed by atoms with E-state index in [1.165, 1.54) is 6.07 Å². The van der Waals surface area contributed by atoms with Crippen molar-refractivity contribution < 1.29 is 13.2 Å². The van der Waals surface area contributed by atoms with Crippen LogP contribution in [0.15, 0.2) is 16.9 Å². The lowest BCUT2D eigenvalue weighted by molar-refractivity contribution is -0.130. The first kappa shape index (κ1) is 21.4. The lowest BCUT2D eigenvalue weighted by atomic mass is 9.81. The van der Waals surface area contributed by atoms with E-state index in [9.17, 15) is 18.0 Å².